The molecule has 2 aliphatic heterocycles. The van der Waals surface area contributed by atoms with Crippen LogP contribution >= 0.6 is 15.9 Å². The number of halogens is 1. The monoisotopic (exact) mass is 316 g/mol. The highest BCUT2D eigenvalue weighted by molar-refractivity contribution is 9.09. The summed E-state index contributed by atoms with van der Waals surface area (Å²) in [7, 11) is 0. The summed E-state index contributed by atoms with van der Waals surface area (Å²) in [4.78, 5) is 5.48. The Morgan fingerprint density at radius 1 is 1.22 bits per heavy atom. The third-order valence-electron chi connectivity index (χ3n) is 5.39. The fourth-order valence-corrected chi connectivity index (χ4v) is 4.57. The minimum Gasteiger partial charge on any atom is -0.298 e. The van der Waals surface area contributed by atoms with Crippen molar-refractivity contribution < 1.29 is 0 Å². The first-order chi connectivity index (χ1) is 8.64. The highest BCUT2D eigenvalue weighted by atomic mass is 79.9. The molecule has 0 amide bonds. The van der Waals surface area contributed by atoms with Gasteiger partial charge in [0.1, 0.15) is 0 Å². The Balaban J connectivity index is 1.99. The first kappa shape index (κ1) is 14.8. The lowest BCUT2D eigenvalue weighted by Crippen LogP contribution is -2.57. The summed E-state index contributed by atoms with van der Waals surface area (Å²) in [5, 5.41) is 1.14. The first-order valence-corrected chi connectivity index (χ1v) is 8.80. The quantitative estimate of drug-likeness (QED) is 0.718. The van der Waals surface area contributed by atoms with Gasteiger partial charge in [0, 0.05) is 37.0 Å². The SMILES string of the molecule is CCC(CC)(CBr)CN1CC2CCCN2CC1C. The van der Waals surface area contributed by atoms with Gasteiger partial charge in [0.15, 0.2) is 0 Å². The average Bonchev–Trinajstić information content (AvgIpc) is 2.83. The maximum Gasteiger partial charge on any atom is 0.0224 e. The maximum absolute atomic E-state index is 3.76. The summed E-state index contributed by atoms with van der Waals surface area (Å²) in [6.07, 6.45) is 5.40. The molecule has 0 saturated carbocycles. The van der Waals surface area contributed by atoms with Gasteiger partial charge in [0.05, 0.1) is 0 Å². The molecule has 0 aliphatic carbocycles. The highest BCUT2D eigenvalue weighted by Gasteiger charge is 2.37. The zero-order chi connectivity index (χ0) is 13.2. The predicted molar refractivity (Wildman–Crippen MR) is 82.4 cm³/mol. The van der Waals surface area contributed by atoms with Crippen molar-refractivity contribution in [3.8, 4) is 0 Å². The number of hydrogen-bond acceptors (Lipinski definition) is 2. The van der Waals surface area contributed by atoms with E-state index in [9.17, 15) is 0 Å². The molecule has 0 radical (unpaired) electrons. The van der Waals surface area contributed by atoms with Crippen LogP contribution in [-0.4, -0.2) is 53.4 Å². The molecule has 0 N–H and O–H groups in total. The Bertz CT molecular complexity index is 257. The lowest BCUT2D eigenvalue weighted by Gasteiger charge is -2.46. The van der Waals surface area contributed by atoms with Crippen LogP contribution in [0.3, 0.4) is 0 Å². The van der Waals surface area contributed by atoms with Crippen LogP contribution in [0.1, 0.15) is 46.5 Å². The molecule has 2 rings (SSSR count). The van der Waals surface area contributed by atoms with Crippen molar-refractivity contribution in [3.63, 3.8) is 0 Å². The minimum atomic E-state index is 0.481. The summed E-state index contributed by atoms with van der Waals surface area (Å²) < 4.78 is 0. The fourth-order valence-electron chi connectivity index (χ4n) is 3.60. The van der Waals surface area contributed by atoms with Crippen LogP contribution in [-0.2, 0) is 0 Å². The van der Waals surface area contributed by atoms with Crippen molar-refractivity contribution in [1.29, 1.82) is 0 Å². The molecule has 2 atom stereocenters. The molecule has 2 heterocycles. The molecule has 2 fully saturated rings. The third-order valence-corrected chi connectivity index (χ3v) is 6.58. The van der Waals surface area contributed by atoms with Crippen LogP contribution in [0.5, 0.6) is 0 Å². The van der Waals surface area contributed by atoms with Crippen molar-refractivity contribution in [2.75, 3.05) is 31.5 Å². The van der Waals surface area contributed by atoms with Gasteiger partial charge in [-0.1, -0.05) is 29.8 Å². The molecule has 0 aromatic carbocycles. The smallest absolute Gasteiger partial charge is 0.0224 e. The molecule has 0 bridgehead atoms. The zero-order valence-electron chi connectivity index (χ0n) is 12.3. The molecule has 18 heavy (non-hydrogen) atoms. The summed E-state index contributed by atoms with van der Waals surface area (Å²) in [6.45, 7) is 12.3. The molecule has 0 aromatic heterocycles. The van der Waals surface area contributed by atoms with E-state index < -0.39 is 0 Å². The lowest BCUT2D eigenvalue weighted by molar-refractivity contribution is 0.0289. The topological polar surface area (TPSA) is 6.48 Å². The van der Waals surface area contributed by atoms with Gasteiger partial charge in [-0.05, 0) is 44.6 Å². The molecule has 0 aromatic rings. The zero-order valence-corrected chi connectivity index (χ0v) is 13.9. The van der Waals surface area contributed by atoms with Gasteiger partial charge in [-0.2, -0.15) is 0 Å². The van der Waals surface area contributed by atoms with Crippen LogP contribution in [0.4, 0.5) is 0 Å². The molecular formula is C15H29BrN2. The van der Waals surface area contributed by atoms with Crippen molar-refractivity contribution in [2.24, 2.45) is 5.41 Å². The fraction of sp³-hybridized carbons (Fsp3) is 1.00. The second kappa shape index (κ2) is 6.23. The van der Waals surface area contributed by atoms with Crippen LogP contribution < -0.4 is 0 Å². The van der Waals surface area contributed by atoms with Crippen molar-refractivity contribution in [3.05, 3.63) is 0 Å². The summed E-state index contributed by atoms with van der Waals surface area (Å²) in [6, 6.07) is 1.58. The molecule has 2 nitrogen and oxygen atoms in total. The predicted octanol–water partition coefficient (Wildman–Crippen LogP) is 3.36. The Morgan fingerprint density at radius 2 is 1.94 bits per heavy atom. The van der Waals surface area contributed by atoms with E-state index >= 15 is 0 Å². The van der Waals surface area contributed by atoms with E-state index in [-0.39, 0.29) is 0 Å². The Labute approximate surface area is 121 Å². The van der Waals surface area contributed by atoms with Crippen molar-refractivity contribution in [1.82, 2.24) is 9.80 Å². The van der Waals surface area contributed by atoms with Crippen molar-refractivity contribution >= 4 is 15.9 Å². The average molecular weight is 317 g/mol. The molecule has 2 aliphatic rings. The molecule has 106 valence electrons. The van der Waals surface area contributed by atoms with E-state index in [1.54, 1.807) is 0 Å². The van der Waals surface area contributed by atoms with Gasteiger partial charge in [0.25, 0.3) is 0 Å². The van der Waals surface area contributed by atoms with Gasteiger partial charge >= 0.3 is 0 Å². The van der Waals surface area contributed by atoms with Gasteiger partial charge in [-0.15, -0.1) is 0 Å². The molecule has 0 spiro atoms. The number of piperazine rings is 1. The van der Waals surface area contributed by atoms with Gasteiger partial charge in [-0.25, -0.2) is 0 Å². The first-order valence-electron chi connectivity index (χ1n) is 7.68. The third kappa shape index (κ3) is 2.94. The Morgan fingerprint density at radius 3 is 2.56 bits per heavy atom. The van der Waals surface area contributed by atoms with E-state index in [4.69, 9.17) is 0 Å². The van der Waals surface area contributed by atoms with Crippen LogP contribution in [0, 0.1) is 5.41 Å². The summed E-state index contributed by atoms with van der Waals surface area (Å²) >= 11 is 3.76. The largest absolute Gasteiger partial charge is 0.298 e. The Kier molecular flexibility index (Phi) is 5.13. The van der Waals surface area contributed by atoms with E-state index in [2.05, 4.69) is 46.5 Å². The molecule has 3 heteroatoms. The van der Waals surface area contributed by atoms with Crippen molar-refractivity contribution in [2.45, 2.75) is 58.5 Å². The standard InChI is InChI=1S/C15H29BrN2/c1-4-15(5-2,11-16)12-18-10-14-7-6-8-17(14)9-13(18)3/h13-14H,4-12H2,1-3H3. The number of fused-ring (bicyclic) bond motifs is 1. The minimum absolute atomic E-state index is 0.481. The summed E-state index contributed by atoms with van der Waals surface area (Å²) in [5.41, 5.74) is 0.481. The maximum atomic E-state index is 3.76. The van der Waals surface area contributed by atoms with Crippen LogP contribution in [0.2, 0.25) is 0 Å². The van der Waals surface area contributed by atoms with E-state index in [1.165, 1.54) is 51.9 Å². The van der Waals surface area contributed by atoms with Gasteiger partial charge in [-0.3, -0.25) is 9.80 Å². The number of alkyl halides is 1. The second-order valence-electron chi connectivity index (χ2n) is 6.41. The van der Waals surface area contributed by atoms with Crippen LogP contribution in [0.25, 0.3) is 0 Å². The summed E-state index contributed by atoms with van der Waals surface area (Å²) in [5.74, 6) is 0. The lowest BCUT2D eigenvalue weighted by atomic mass is 9.83. The number of nitrogens with zero attached hydrogens (tertiary/aromatic N) is 2. The Hall–Kier alpha value is 0.400. The molecule has 2 unspecified atom stereocenters. The highest BCUT2D eigenvalue weighted by Crippen LogP contribution is 2.33. The second-order valence-corrected chi connectivity index (χ2v) is 6.97. The van der Waals surface area contributed by atoms with E-state index in [0.717, 1.165) is 17.4 Å². The normalized spacial score (nSPS) is 30.7. The number of rotatable bonds is 5. The van der Waals surface area contributed by atoms with E-state index in [1.807, 2.05) is 0 Å². The van der Waals surface area contributed by atoms with Crippen LogP contribution in [0.15, 0.2) is 0 Å². The number of hydrogen-bond donors (Lipinski definition) is 0. The molecule has 2 saturated heterocycles. The van der Waals surface area contributed by atoms with Gasteiger partial charge in [0.2, 0.25) is 0 Å². The van der Waals surface area contributed by atoms with Gasteiger partial charge < -0.3 is 0 Å². The molecular weight excluding hydrogens is 288 g/mol. The van der Waals surface area contributed by atoms with E-state index in [0.29, 0.717) is 5.41 Å².